The summed E-state index contributed by atoms with van der Waals surface area (Å²) in [6, 6.07) is 2.09. The van der Waals surface area contributed by atoms with Crippen LogP contribution in [0.2, 0.25) is 0 Å². The van der Waals surface area contributed by atoms with Crippen LogP contribution >= 0.6 is 11.8 Å². The molecule has 0 aromatic carbocycles. The summed E-state index contributed by atoms with van der Waals surface area (Å²) < 4.78 is 0. The lowest BCUT2D eigenvalue weighted by Gasteiger charge is -2.07. The van der Waals surface area contributed by atoms with Gasteiger partial charge in [-0.1, -0.05) is 12.8 Å². The zero-order valence-corrected chi connectivity index (χ0v) is 8.16. The molecule has 0 spiro atoms. The third kappa shape index (κ3) is 6.09. The Kier molecular flexibility index (Phi) is 8.01. The van der Waals surface area contributed by atoms with Crippen molar-refractivity contribution in [1.29, 1.82) is 5.26 Å². The van der Waals surface area contributed by atoms with Crippen molar-refractivity contribution >= 4 is 11.8 Å². The molecule has 66 valence electrons. The van der Waals surface area contributed by atoms with Gasteiger partial charge in [0.25, 0.3) is 0 Å². The summed E-state index contributed by atoms with van der Waals surface area (Å²) in [7, 11) is 0. The van der Waals surface area contributed by atoms with Crippen molar-refractivity contribution in [2.45, 2.75) is 19.4 Å². The van der Waals surface area contributed by atoms with Gasteiger partial charge in [-0.25, -0.2) is 0 Å². The molecule has 1 N–H and O–H groups in total. The van der Waals surface area contributed by atoms with Crippen molar-refractivity contribution in [3.63, 3.8) is 0 Å². The van der Waals surface area contributed by atoms with Crippen molar-refractivity contribution in [3.8, 4) is 18.4 Å². The van der Waals surface area contributed by atoms with Gasteiger partial charge in [-0.15, -0.1) is 6.42 Å². The molecule has 1 unspecified atom stereocenters. The quantitative estimate of drug-likeness (QED) is 0.496. The maximum Gasteiger partial charge on any atom is 0.0968 e. The van der Waals surface area contributed by atoms with Crippen molar-refractivity contribution in [1.82, 2.24) is 5.32 Å². The first-order chi connectivity index (χ1) is 5.85. The van der Waals surface area contributed by atoms with Crippen LogP contribution in [-0.4, -0.2) is 24.1 Å². The summed E-state index contributed by atoms with van der Waals surface area (Å²) in [5.74, 6) is 4.58. The number of rotatable bonds is 6. The highest BCUT2D eigenvalue weighted by molar-refractivity contribution is 7.99. The Morgan fingerprint density at radius 2 is 2.42 bits per heavy atom. The number of thioether (sulfide) groups is 1. The minimum atomic E-state index is -0.0832. The smallest absolute Gasteiger partial charge is 0.0968 e. The van der Waals surface area contributed by atoms with Crippen molar-refractivity contribution in [3.05, 3.63) is 0 Å². The Labute approximate surface area is 78.7 Å². The maximum absolute atomic E-state index is 8.66. The fraction of sp³-hybridized carbons (Fsp3) is 0.667. The van der Waals surface area contributed by atoms with E-state index in [1.807, 2.05) is 11.8 Å². The van der Waals surface area contributed by atoms with Crippen LogP contribution in [0.4, 0.5) is 0 Å². The van der Waals surface area contributed by atoms with Crippen LogP contribution in [0.1, 0.15) is 13.3 Å². The molecule has 0 aromatic rings. The number of hydrogen-bond donors (Lipinski definition) is 1. The average molecular weight is 182 g/mol. The van der Waals surface area contributed by atoms with E-state index < -0.39 is 0 Å². The van der Waals surface area contributed by atoms with Crippen LogP contribution < -0.4 is 5.32 Å². The number of nitrogens with zero attached hydrogens (tertiary/aromatic N) is 1. The number of terminal acetylenes is 1. The minimum Gasteiger partial charge on any atom is -0.291 e. The van der Waals surface area contributed by atoms with Gasteiger partial charge in [0.05, 0.1) is 18.7 Å². The summed E-state index contributed by atoms with van der Waals surface area (Å²) >= 11 is 1.84. The van der Waals surface area contributed by atoms with Gasteiger partial charge in [-0.05, 0) is 17.9 Å². The Hall–Kier alpha value is -0.640. The van der Waals surface area contributed by atoms with Gasteiger partial charge in [-0.2, -0.15) is 17.0 Å². The highest BCUT2D eigenvalue weighted by atomic mass is 32.2. The summed E-state index contributed by atoms with van der Waals surface area (Å²) in [5.41, 5.74) is 0. The zero-order chi connectivity index (χ0) is 9.23. The molecular formula is C9H14N2S. The van der Waals surface area contributed by atoms with Crippen molar-refractivity contribution in [2.24, 2.45) is 0 Å². The molecule has 0 bridgehead atoms. The van der Waals surface area contributed by atoms with Crippen LogP contribution in [0.25, 0.3) is 0 Å². The lowest BCUT2D eigenvalue weighted by molar-refractivity contribution is 0.637. The van der Waals surface area contributed by atoms with Gasteiger partial charge in [0.1, 0.15) is 0 Å². The largest absolute Gasteiger partial charge is 0.291 e. The predicted molar refractivity (Wildman–Crippen MR) is 53.9 cm³/mol. The van der Waals surface area contributed by atoms with E-state index >= 15 is 0 Å². The highest BCUT2D eigenvalue weighted by Crippen LogP contribution is 2.03. The molecule has 3 heteroatoms. The molecule has 1 atom stereocenters. The molecule has 0 fully saturated rings. The second-order valence-electron chi connectivity index (χ2n) is 2.25. The molecule has 0 aliphatic rings. The van der Waals surface area contributed by atoms with Crippen molar-refractivity contribution in [2.75, 3.05) is 18.1 Å². The Balaban J connectivity index is 3.43. The van der Waals surface area contributed by atoms with Crippen LogP contribution in [0, 0.1) is 23.7 Å². The van der Waals surface area contributed by atoms with Gasteiger partial charge >= 0.3 is 0 Å². The van der Waals surface area contributed by atoms with Crippen LogP contribution in [-0.2, 0) is 0 Å². The molecule has 0 aromatic heterocycles. The molecule has 0 rings (SSSR count). The number of nitriles is 1. The normalized spacial score (nSPS) is 11.6. The Morgan fingerprint density at radius 1 is 1.67 bits per heavy atom. The first-order valence-corrected chi connectivity index (χ1v) is 5.14. The summed E-state index contributed by atoms with van der Waals surface area (Å²) in [6.07, 6.45) is 5.93. The molecule has 0 radical (unpaired) electrons. The SMILES string of the molecule is C#CCNC(C#N)CCSCC. The first kappa shape index (κ1) is 11.4. The standard InChI is InChI=1S/C9H14N2S/c1-3-6-11-9(8-10)5-7-12-4-2/h1,9,11H,4-7H2,2H3. The van der Waals surface area contributed by atoms with Crippen molar-refractivity contribution < 1.29 is 0 Å². The molecule has 12 heavy (non-hydrogen) atoms. The van der Waals surface area contributed by atoms with E-state index in [2.05, 4.69) is 24.2 Å². The second-order valence-corrected chi connectivity index (χ2v) is 3.65. The first-order valence-electron chi connectivity index (χ1n) is 3.99. The van der Waals surface area contributed by atoms with Crippen LogP contribution in [0.5, 0.6) is 0 Å². The maximum atomic E-state index is 8.66. The minimum absolute atomic E-state index is 0.0832. The van der Waals surface area contributed by atoms with E-state index in [0.717, 1.165) is 17.9 Å². The lowest BCUT2D eigenvalue weighted by Crippen LogP contribution is -2.28. The molecular weight excluding hydrogens is 168 g/mol. The molecule has 0 amide bonds. The van der Waals surface area contributed by atoms with Gasteiger partial charge < -0.3 is 0 Å². The second kappa shape index (κ2) is 8.46. The van der Waals surface area contributed by atoms with E-state index in [4.69, 9.17) is 11.7 Å². The molecule has 2 nitrogen and oxygen atoms in total. The van der Waals surface area contributed by atoms with Gasteiger partial charge in [-0.3, -0.25) is 5.32 Å². The molecule has 0 aliphatic heterocycles. The highest BCUT2D eigenvalue weighted by Gasteiger charge is 2.03. The lowest BCUT2D eigenvalue weighted by atomic mass is 10.2. The summed E-state index contributed by atoms with van der Waals surface area (Å²) in [5, 5.41) is 11.6. The topological polar surface area (TPSA) is 35.8 Å². The fourth-order valence-electron chi connectivity index (χ4n) is 0.740. The summed E-state index contributed by atoms with van der Waals surface area (Å²) in [6.45, 7) is 2.59. The summed E-state index contributed by atoms with van der Waals surface area (Å²) in [4.78, 5) is 0. The van der Waals surface area contributed by atoms with E-state index in [0.29, 0.717) is 6.54 Å². The predicted octanol–water partition coefficient (Wildman–Crippen LogP) is 1.24. The van der Waals surface area contributed by atoms with E-state index in [-0.39, 0.29) is 6.04 Å². The van der Waals surface area contributed by atoms with E-state index in [1.165, 1.54) is 0 Å². The average Bonchev–Trinajstić information content (AvgIpc) is 2.11. The molecule has 0 heterocycles. The Bertz CT molecular complexity index is 178. The zero-order valence-electron chi connectivity index (χ0n) is 7.34. The van der Waals surface area contributed by atoms with E-state index in [9.17, 15) is 0 Å². The fourth-order valence-corrected chi connectivity index (χ4v) is 1.43. The molecule has 0 saturated heterocycles. The van der Waals surface area contributed by atoms with Crippen LogP contribution in [0.15, 0.2) is 0 Å². The Morgan fingerprint density at radius 3 is 2.92 bits per heavy atom. The van der Waals surface area contributed by atoms with Gasteiger partial charge in [0.15, 0.2) is 0 Å². The third-order valence-electron chi connectivity index (χ3n) is 1.36. The number of hydrogen-bond acceptors (Lipinski definition) is 3. The molecule has 0 saturated carbocycles. The van der Waals surface area contributed by atoms with E-state index in [1.54, 1.807) is 0 Å². The van der Waals surface area contributed by atoms with Crippen LogP contribution in [0.3, 0.4) is 0 Å². The van der Waals surface area contributed by atoms with Gasteiger partial charge in [0.2, 0.25) is 0 Å². The third-order valence-corrected chi connectivity index (χ3v) is 2.29. The molecule has 0 aliphatic carbocycles. The van der Waals surface area contributed by atoms with Gasteiger partial charge in [0, 0.05) is 0 Å². The number of nitrogens with one attached hydrogen (secondary N) is 1. The monoisotopic (exact) mass is 182 g/mol.